The van der Waals surface area contributed by atoms with Gasteiger partial charge in [-0.25, -0.2) is 0 Å². The van der Waals surface area contributed by atoms with Crippen LogP contribution in [0.25, 0.3) is 16.5 Å². The van der Waals surface area contributed by atoms with E-state index in [0.717, 1.165) is 29.0 Å². The van der Waals surface area contributed by atoms with Crippen molar-refractivity contribution in [2.75, 3.05) is 13.6 Å². The minimum absolute atomic E-state index is 0.774. The van der Waals surface area contributed by atoms with Crippen LogP contribution in [0.5, 0.6) is 5.75 Å². The summed E-state index contributed by atoms with van der Waals surface area (Å²) in [5.41, 5.74) is 1.11. The molecule has 0 aliphatic heterocycles. The number of nitrogens with one attached hydrogen (secondary N) is 1. The number of hydrogen-bond acceptors (Lipinski definition) is 3. The van der Waals surface area contributed by atoms with Crippen LogP contribution in [-0.4, -0.2) is 13.6 Å². The maximum absolute atomic E-state index is 6.20. The number of rotatable bonds is 5. The fourth-order valence-electron chi connectivity index (χ4n) is 2.22. The molecular formula is C18H17NOS. The highest BCUT2D eigenvalue weighted by Crippen LogP contribution is 2.29. The lowest BCUT2D eigenvalue weighted by Gasteiger charge is -2.12. The molecule has 0 amide bonds. The third kappa shape index (κ3) is 3.15. The van der Waals surface area contributed by atoms with Gasteiger partial charge in [-0.3, -0.25) is 0 Å². The molecule has 2 aromatic carbocycles. The van der Waals surface area contributed by atoms with Crippen molar-refractivity contribution in [3.8, 4) is 5.75 Å². The Morgan fingerprint density at radius 3 is 2.81 bits per heavy atom. The quantitative estimate of drug-likeness (QED) is 0.698. The Labute approximate surface area is 128 Å². The second kappa shape index (κ2) is 6.57. The molecular weight excluding hydrogens is 278 g/mol. The molecule has 0 fully saturated rings. The Morgan fingerprint density at radius 1 is 1.14 bits per heavy atom. The Bertz CT molecular complexity index is 742. The summed E-state index contributed by atoms with van der Waals surface area (Å²) in [6.07, 6.45) is 2.07. The van der Waals surface area contributed by atoms with Crippen LogP contribution in [0.4, 0.5) is 0 Å². The molecule has 0 bridgehead atoms. The SMILES string of the molecule is CNC/C=C(\Oc1cccc2ccccc12)c1ccsc1. The van der Waals surface area contributed by atoms with E-state index in [2.05, 4.69) is 46.4 Å². The summed E-state index contributed by atoms with van der Waals surface area (Å²) in [7, 11) is 1.93. The molecule has 0 radical (unpaired) electrons. The van der Waals surface area contributed by atoms with Crippen LogP contribution < -0.4 is 10.1 Å². The molecule has 106 valence electrons. The first kappa shape index (κ1) is 13.9. The molecule has 2 nitrogen and oxygen atoms in total. The maximum atomic E-state index is 6.20. The first-order valence-electron chi connectivity index (χ1n) is 6.91. The molecule has 0 spiro atoms. The van der Waals surface area contributed by atoms with Crippen molar-refractivity contribution in [3.05, 3.63) is 70.9 Å². The minimum atomic E-state index is 0.774. The van der Waals surface area contributed by atoms with E-state index in [4.69, 9.17) is 4.74 Å². The van der Waals surface area contributed by atoms with Gasteiger partial charge in [0.15, 0.2) is 0 Å². The van der Waals surface area contributed by atoms with E-state index in [9.17, 15) is 0 Å². The summed E-state index contributed by atoms with van der Waals surface area (Å²) in [6.45, 7) is 0.774. The lowest BCUT2D eigenvalue weighted by Crippen LogP contribution is -2.06. The van der Waals surface area contributed by atoms with E-state index in [0.29, 0.717) is 0 Å². The molecule has 0 unspecified atom stereocenters. The summed E-state index contributed by atoms with van der Waals surface area (Å²) in [4.78, 5) is 0. The fraction of sp³-hybridized carbons (Fsp3) is 0.111. The normalized spacial score (nSPS) is 11.8. The highest BCUT2D eigenvalue weighted by molar-refractivity contribution is 7.08. The third-order valence-corrected chi connectivity index (χ3v) is 3.95. The van der Waals surface area contributed by atoms with Crippen LogP contribution in [0.3, 0.4) is 0 Å². The van der Waals surface area contributed by atoms with Crippen LogP contribution in [-0.2, 0) is 0 Å². The summed E-state index contributed by atoms with van der Waals surface area (Å²) in [5, 5.41) is 9.62. The van der Waals surface area contributed by atoms with E-state index < -0.39 is 0 Å². The molecule has 1 heterocycles. The van der Waals surface area contributed by atoms with E-state index in [-0.39, 0.29) is 0 Å². The van der Waals surface area contributed by atoms with Gasteiger partial charge >= 0.3 is 0 Å². The van der Waals surface area contributed by atoms with E-state index in [1.54, 1.807) is 11.3 Å². The second-order valence-electron chi connectivity index (χ2n) is 4.72. The van der Waals surface area contributed by atoms with Crippen LogP contribution >= 0.6 is 11.3 Å². The third-order valence-electron chi connectivity index (χ3n) is 3.27. The van der Waals surface area contributed by atoms with Crippen LogP contribution in [0.1, 0.15) is 5.56 Å². The van der Waals surface area contributed by atoms with Crippen molar-refractivity contribution in [1.29, 1.82) is 0 Å². The van der Waals surface area contributed by atoms with Gasteiger partial charge in [-0.05, 0) is 36.0 Å². The number of ether oxygens (including phenoxy) is 1. The molecule has 3 rings (SSSR count). The lowest BCUT2D eigenvalue weighted by molar-refractivity contribution is 0.519. The predicted octanol–water partition coefficient (Wildman–Crippen LogP) is 4.54. The van der Waals surface area contributed by atoms with Crippen molar-refractivity contribution in [2.24, 2.45) is 0 Å². The molecule has 3 heteroatoms. The molecule has 1 N–H and O–H groups in total. The second-order valence-corrected chi connectivity index (χ2v) is 5.50. The van der Waals surface area contributed by atoms with Gasteiger partial charge in [0.2, 0.25) is 0 Å². The molecule has 0 saturated heterocycles. The Kier molecular flexibility index (Phi) is 4.34. The Balaban J connectivity index is 1.98. The highest BCUT2D eigenvalue weighted by atomic mass is 32.1. The van der Waals surface area contributed by atoms with Gasteiger partial charge < -0.3 is 10.1 Å². The molecule has 0 saturated carbocycles. The monoisotopic (exact) mass is 295 g/mol. The predicted molar refractivity (Wildman–Crippen MR) is 90.8 cm³/mol. The number of fused-ring (bicyclic) bond motifs is 1. The number of hydrogen-bond donors (Lipinski definition) is 1. The molecule has 3 aromatic rings. The molecule has 0 atom stereocenters. The van der Waals surface area contributed by atoms with Crippen molar-refractivity contribution < 1.29 is 4.74 Å². The average Bonchev–Trinajstić information content (AvgIpc) is 3.06. The lowest BCUT2D eigenvalue weighted by atomic mass is 10.1. The summed E-state index contributed by atoms with van der Waals surface area (Å²) >= 11 is 1.67. The van der Waals surface area contributed by atoms with Crippen LogP contribution in [0.2, 0.25) is 0 Å². The first-order valence-corrected chi connectivity index (χ1v) is 7.85. The van der Waals surface area contributed by atoms with Gasteiger partial charge in [0.25, 0.3) is 0 Å². The van der Waals surface area contributed by atoms with E-state index in [1.165, 1.54) is 5.39 Å². The Hall–Kier alpha value is -2.10. The molecule has 0 aliphatic carbocycles. The maximum Gasteiger partial charge on any atom is 0.135 e. The van der Waals surface area contributed by atoms with Gasteiger partial charge in [0.05, 0.1) is 0 Å². The van der Waals surface area contributed by atoms with Gasteiger partial charge in [0.1, 0.15) is 11.5 Å². The van der Waals surface area contributed by atoms with E-state index >= 15 is 0 Å². The number of thiophene rings is 1. The van der Waals surface area contributed by atoms with Crippen molar-refractivity contribution in [1.82, 2.24) is 5.32 Å². The van der Waals surface area contributed by atoms with Crippen molar-refractivity contribution in [3.63, 3.8) is 0 Å². The van der Waals surface area contributed by atoms with Crippen molar-refractivity contribution >= 4 is 27.9 Å². The summed E-state index contributed by atoms with van der Waals surface area (Å²) in [6, 6.07) is 16.5. The zero-order valence-corrected chi connectivity index (χ0v) is 12.7. The van der Waals surface area contributed by atoms with Crippen LogP contribution in [0, 0.1) is 0 Å². The van der Waals surface area contributed by atoms with Gasteiger partial charge in [-0.15, -0.1) is 0 Å². The van der Waals surface area contributed by atoms with Crippen LogP contribution in [0.15, 0.2) is 65.4 Å². The topological polar surface area (TPSA) is 21.3 Å². The zero-order chi connectivity index (χ0) is 14.5. The van der Waals surface area contributed by atoms with Gasteiger partial charge in [0, 0.05) is 22.9 Å². The average molecular weight is 295 g/mol. The molecule has 1 aromatic heterocycles. The summed E-state index contributed by atoms with van der Waals surface area (Å²) < 4.78 is 6.20. The summed E-state index contributed by atoms with van der Waals surface area (Å²) in [5.74, 6) is 1.78. The standard InChI is InChI=1S/C18H17NOS/c1-19-11-9-17(15-10-12-21-13-15)20-18-8-4-6-14-5-2-3-7-16(14)18/h2-10,12-13,19H,11H2,1H3/b17-9-. The number of benzene rings is 2. The first-order chi connectivity index (χ1) is 10.4. The van der Waals surface area contributed by atoms with Gasteiger partial charge in [-0.2, -0.15) is 11.3 Å². The minimum Gasteiger partial charge on any atom is -0.456 e. The molecule has 0 aliphatic rings. The van der Waals surface area contributed by atoms with Gasteiger partial charge in [-0.1, -0.05) is 36.4 Å². The Morgan fingerprint density at radius 2 is 2.00 bits per heavy atom. The smallest absolute Gasteiger partial charge is 0.135 e. The largest absolute Gasteiger partial charge is 0.456 e. The zero-order valence-electron chi connectivity index (χ0n) is 11.9. The van der Waals surface area contributed by atoms with Crippen molar-refractivity contribution in [2.45, 2.75) is 0 Å². The number of likely N-dealkylation sites (N-methyl/N-ethyl adjacent to an activating group) is 1. The molecule has 21 heavy (non-hydrogen) atoms. The highest BCUT2D eigenvalue weighted by Gasteiger charge is 2.07. The van der Waals surface area contributed by atoms with E-state index in [1.807, 2.05) is 31.3 Å². The fourth-order valence-corrected chi connectivity index (χ4v) is 2.87.